The van der Waals surface area contributed by atoms with Crippen LogP contribution < -0.4 is 5.32 Å². The van der Waals surface area contributed by atoms with Gasteiger partial charge in [0.25, 0.3) is 0 Å². The molecule has 3 N–H and O–H groups in total. The third kappa shape index (κ3) is 44.9. The summed E-state index contributed by atoms with van der Waals surface area (Å²) >= 11 is 0. The van der Waals surface area contributed by atoms with Crippen molar-refractivity contribution in [1.29, 1.82) is 0 Å². The highest BCUT2D eigenvalue weighted by atomic mass is 31.2. The van der Waals surface area contributed by atoms with Gasteiger partial charge in [0.2, 0.25) is 5.91 Å². The van der Waals surface area contributed by atoms with Gasteiger partial charge in [0, 0.05) is 6.42 Å². The Hall–Kier alpha value is -3.10. The summed E-state index contributed by atoms with van der Waals surface area (Å²) in [4.78, 5) is 23.1. The summed E-state index contributed by atoms with van der Waals surface area (Å²) in [5.41, 5.74) is 0. The van der Waals surface area contributed by atoms with Crippen molar-refractivity contribution in [3.63, 3.8) is 0 Å². The summed E-state index contributed by atoms with van der Waals surface area (Å²) in [7, 11) is 1.48. The molecule has 0 spiro atoms. The van der Waals surface area contributed by atoms with Gasteiger partial charge >= 0.3 is 7.82 Å². The maximum atomic E-state index is 12.9. The Labute approximate surface area is 380 Å². The SMILES string of the molecule is CC/C=C\C/C=C\C/C=C\C/C=C\C/C=C\C/C=C\C/C=C\CCCC(=O)NC(COP(=O)(O)OCC[N+](C)(C)C)C(O)/C=C/CC/C=C/CC/C=C/CCCCCCCCC. The van der Waals surface area contributed by atoms with Gasteiger partial charge in [-0.05, 0) is 96.3 Å². The van der Waals surface area contributed by atoms with E-state index in [2.05, 4.69) is 129 Å². The predicted molar refractivity (Wildman–Crippen MR) is 267 cm³/mol. The van der Waals surface area contributed by atoms with E-state index >= 15 is 0 Å². The van der Waals surface area contributed by atoms with E-state index in [1.807, 2.05) is 27.2 Å². The number of phosphoric acid groups is 1. The van der Waals surface area contributed by atoms with Gasteiger partial charge in [0.15, 0.2) is 0 Å². The highest BCUT2D eigenvalue weighted by Gasteiger charge is 2.27. The quantitative estimate of drug-likeness (QED) is 0.0244. The molecule has 3 unspecified atom stereocenters. The van der Waals surface area contributed by atoms with Gasteiger partial charge in [0.1, 0.15) is 13.2 Å². The zero-order valence-electron chi connectivity index (χ0n) is 39.8. The molecule has 0 aromatic rings. The minimum atomic E-state index is -4.38. The topological polar surface area (TPSA) is 105 Å². The van der Waals surface area contributed by atoms with E-state index in [-0.39, 0.29) is 25.5 Å². The third-order valence-electron chi connectivity index (χ3n) is 9.64. The Balaban J connectivity index is 4.59. The summed E-state index contributed by atoms with van der Waals surface area (Å²) in [6.45, 7) is 4.59. The molecule has 352 valence electrons. The highest BCUT2D eigenvalue weighted by Crippen LogP contribution is 2.43. The summed E-state index contributed by atoms with van der Waals surface area (Å²) < 4.78 is 23.5. The number of rotatable bonds is 41. The molecule has 1 amide bonds. The van der Waals surface area contributed by atoms with Crippen molar-refractivity contribution in [1.82, 2.24) is 5.32 Å². The summed E-state index contributed by atoms with van der Waals surface area (Å²) in [6.07, 6.45) is 64.3. The molecule has 3 atom stereocenters. The van der Waals surface area contributed by atoms with Crippen LogP contribution in [0, 0.1) is 0 Å². The molecule has 0 aromatic heterocycles. The van der Waals surface area contributed by atoms with Gasteiger partial charge in [0.05, 0.1) is 39.9 Å². The molecule has 0 fully saturated rings. The van der Waals surface area contributed by atoms with Crippen LogP contribution in [0.2, 0.25) is 0 Å². The van der Waals surface area contributed by atoms with Crippen molar-refractivity contribution in [2.45, 2.75) is 167 Å². The molecule has 0 aliphatic heterocycles. The van der Waals surface area contributed by atoms with E-state index < -0.39 is 20.0 Å². The number of likely N-dealkylation sites (N-methyl/N-ethyl adjacent to an activating group) is 1. The van der Waals surface area contributed by atoms with Crippen LogP contribution in [0.3, 0.4) is 0 Å². The fraction of sp³-hybridized carbons (Fsp3) is 0.604. The van der Waals surface area contributed by atoms with E-state index in [0.717, 1.165) is 77.0 Å². The Morgan fingerprint density at radius 3 is 1.48 bits per heavy atom. The van der Waals surface area contributed by atoms with E-state index in [1.165, 1.54) is 51.4 Å². The maximum Gasteiger partial charge on any atom is 0.472 e. The van der Waals surface area contributed by atoms with E-state index in [9.17, 15) is 19.4 Å². The van der Waals surface area contributed by atoms with Gasteiger partial charge in [-0.15, -0.1) is 0 Å². The summed E-state index contributed by atoms with van der Waals surface area (Å²) in [5.74, 6) is -0.255. The predicted octanol–water partition coefficient (Wildman–Crippen LogP) is 13.9. The van der Waals surface area contributed by atoms with Crippen molar-refractivity contribution >= 4 is 13.7 Å². The largest absolute Gasteiger partial charge is 0.472 e. The number of phosphoric ester groups is 1. The van der Waals surface area contributed by atoms with E-state index in [0.29, 0.717) is 17.4 Å². The molecule has 0 bridgehead atoms. The monoisotopic (exact) mass is 882 g/mol. The van der Waals surface area contributed by atoms with Crippen LogP contribution in [0.5, 0.6) is 0 Å². The number of nitrogens with zero attached hydrogens (tertiary/aromatic N) is 1. The van der Waals surface area contributed by atoms with Gasteiger partial charge in [-0.1, -0.05) is 174 Å². The first-order chi connectivity index (χ1) is 30.0. The van der Waals surface area contributed by atoms with Crippen LogP contribution in [0.15, 0.2) is 122 Å². The first kappa shape index (κ1) is 58.9. The Morgan fingerprint density at radius 1 is 0.565 bits per heavy atom. The standard InChI is InChI=1S/C53H89N2O6P/c1-6-8-10-12-14-16-18-20-22-24-25-26-27-28-29-31-33-35-37-39-41-43-45-47-53(57)54-51(50-61-62(58,59)60-49-48-55(3,4)5)52(56)46-44-42-40-38-36-34-32-30-23-21-19-17-15-13-11-9-7-2/h8,10,14,16,20,22-23,25-26,28-30,33,35-36,38-39,41,44,46,51-52,56H,6-7,9,11-13,15,17-19,21,24,27,31-32,34,37,40,42-43,45,47-50H2,1-5H3,(H-,54,57,58,59)/p+1/b10-8-,16-14-,22-20-,26-25-,29-28-,30-23+,35-33-,38-36+,41-39-,46-44+. The molecule has 0 aliphatic rings. The van der Waals surface area contributed by atoms with Gasteiger partial charge in [-0.2, -0.15) is 0 Å². The number of amides is 1. The number of nitrogens with one attached hydrogen (secondary N) is 1. The van der Waals surface area contributed by atoms with Crippen molar-refractivity contribution in [3.05, 3.63) is 122 Å². The molecule has 0 saturated heterocycles. The highest BCUT2D eigenvalue weighted by molar-refractivity contribution is 7.47. The first-order valence-electron chi connectivity index (χ1n) is 23.9. The molecule has 8 nitrogen and oxygen atoms in total. The van der Waals surface area contributed by atoms with Crippen LogP contribution >= 0.6 is 7.82 Å². The zero-order valence-corrected chi connectivity index (χ0v) is 40.7. The lowest BCUT2D eigenvalue weighted by molar-refractivity contribution is -0.870. The summed E-state index contributed by atoms with van der Waals surface area (Å²) in [6, 6.07) is -0.909. The number of unbranched alkanes of at least 4 members (excludes halogenated alkanes) is 10. The van der Waals surface area contributed by atoms with Crippen LogP contribution in [-0.2, 0) is 18.4 Å². The molecule has 62 heavy (non-hydrogen) atoms. The average Bonchev–Trinajstić information content (AvgIpc) is 3.23. The first-order valence-corrected chi connectivity index (χ1v) is 25.4. The van der Waals surface area contributed by atoms with Crippen molar-refractivity contribution < 1.29 is 32.9 Å². The lowest BCUT2D eigenvalue weighted by Crippen LogP contribution is -2.45. The minimum Gasteiger partial charge on any atom is -0.387 e. The average molecular weight is 882 g/mol. The molecule has 0 rings (SSSR count). The normalized spacial score (nSPS) is 15.3. The Bertz CT molecular complexity index is 1410. The molecule has 0 radical (unpaired) electrons. The molecule has 0 aliphatic carbocycles. The van der Waals surface area contributed by atoms with Crippen LogP contribution in [0.1, 0.15) is 155 Å². The fourth-order valence-electron chi connectivity index (χ4n) is 5.88. The molecule has 0 saturated carbocycles. The van der Waals surface area contributed by atoms with Crippen LogP contribution in [0.4, 0.5) is 0 Å². The molecule has 9 heteroatoms. The molecule has 0 aromatic carbocycles. The second-order valence-corrected chi connectivity index (χ2v) is 18.2. The maximum absolute atomic E-state index is 12.9. The number of quaternary nitrogens is 1. The lowest BCUT2D eigenvalue weighted by Gasteiger charge is -2.25. The van der Waals surface area contributed by atoms with Crippen molar-refractivity contribution in [3.8, 4) is 0 Å². The van der Waals surface area contributed by atoms with Crippen molar-refractivity contribution in [2.75, 3.05) is 40.9 Å². The second kappa shape index (κ2) is 43.2. The molecular weight excluding hydrogens is 792 g/mol. The fourth-order valence-corrected chi connectivity index (χ4v) is 6.62. The van der Waals surface area contributed by atoms with Crippen LogP contribution in [-0.4, -0.2) is 73.4 Å². The molecule has 0 heterocycles. The number of aliphatic hydroxyl groups is 1. The van der Waals surface area contributed by atoms with Gasteiger partial charge in [-0.25, -0.2) is 4.57 Å². The van der Waals surface area contributed by atoms with Crippen LogP contribution in [0.25, 0.3) is 0 Å². The van der Waals surface area contributed by atoms with Gasteiger partial charge in [-0.3, -0.25) is 13.8 Å². The third-order valence-corrected chi connectivity index (χ3v) is 10.6. The number of hydrogen-bond donors (Lipinski definition) is 3. The number of carbonyl (C=O) groups is 1. The number of aliphatic hydroxyl groups excluding tert-OH is 1. The zero-order chi connectivity index (χ0) is 45.7. The van der Waals surface area contributed by atoms with Crippen molar-refractivity contribution in [2.24, 2.45) is 0 Å². The lowest BCUT2D eigenvalue weighted by atomic mass is 10.1. The minimum absolute atomic E-state index is 0.0351. The van der Waals surface area contributed by atoms with E-state index in [1.54, 1.807) is 6.08 Å². The Morgan fingerprint density at radius 2 is 0.984 bits per heavy atom. The van der Waals surface area contributed by atoms with Gasteiger partial charge < -0.3 is 19.8 Å². The number of hydrogen-bond acceptors (Lipinski definition) is 5. The smallest absolute Gasteiger partial charge is 0.387 e. The Kier molecular flexibility index (Phi) is 41.0. The number of allylic oxidation sites excluding steroid dienone is 19. The second-order valence-electron chi connectivity index (χ2n) is 16.7. The van der Waals surface area contributed by atoms with E-state index in [4.69, 9.17) is 9.05 Å². The molecular formula is C53H90N2O6P+. The number of carbonyl (C=O) groups excluding carboxylic acids is 1. The summed E-state index contributed by atoms with van der Waals surface area (Å²) in [5, 5.41) is 13.8.